The summed E-state index contributed by atoms with van der Waals surface area (Å²) in [6.07, 6.45) is 3.50. The summed E-state index contributed by atoms with van der Waals surface area (Å²) in [5.41, 5.74) is 0. The van der Waals surface area contributed by atoms with Crippen LogP contribution in [0.3, 0.4) is 0 Å². The Morgan fingerprint density at radius 2 is 2.08 bits per heavy atom. The number of nitrogens with zero attached hydrogens (tertiary/aromatic N) is 3. The highest BCUT2D eigenvalue weighted by atomic mass is 32.1. The Morgan fingerprint density at radius 3 is 2.58 bits per heavy atom. The standard InChI is InChI=1S/C8H15N3S/c1-4-5-6-7-9-10-8(12-7)11(2)3/h4-6H2,1-3H3. The first-order valence-electron chi connectivity index (χ1n) is 4.23. The van der Waals surface area contributed by atoms with Crippen LogP contribution in [-0.2, 0) is 6.42 Å². The normalized spacial score (nSPS) is 10.2. The number of anilines is 1. The fourth-order valence-corrected chi connectivity index (χ4v) is 1.66. The van der Waals surface area contributed by atoms with Crippen LogP contribution in [0, 0.1) is 0 Å². The van der Waals surface area contributed by atoms with Crippen LogP contribution >= 0.6 is 11.3 Å². The molecule has 12 heavy (non-hydrogen) atoms. The Morgan fingerprint density at radius 1 is 1.33 bits per heavy atom. The van der Waals surface area contributed by atoms with Crippen LogP contribution in [0.5, 0.6) is 0 Å². The van der Waals surface area contributed by atoms with E-state index in [0.29, 0.717) is 0 Å². The molecule has 3 nitrogen and oxygen atoms in total. The van der Waals surface area contributed by atoms with E-state index in [-0.39, 0.29) is 0 Å². The minimum absolute atomic E-state index is 1.00. The van der Waals surface area contributed by atoms with Gasteiger partial charge in [-0.2, -0.15) is 0 Å². The topological polar surface area (TPSA) is 29.0 Å². The van der Waals surface area contributed by atoms with E-state index in [2.05, 4.69) is 17.1 Å². The minimum atomic E-state index is 1.00. The highest BCUT2D eigenvalue weighted by molar-refractivity contribution is 7.15. The summed E-state index contributed by atoms with van der Waals surface area (Å²) in [7, 11) is 3.98. The Kier molecular flexibility index (Phi) is 3.47. The molecule has 1 aromatic heterocycles. The molecule has 0 aliphatic heterocycles. The van der Waals surface area contributed by atoms with E-state index in [1.54, 1.807) is 11.3 Å². The summed E-state index contributed by atoms with van der Waals surface area (Å²) in [5.74, 6) is 0. The molecule has 0 N–H and O–H groups in total. The zero-order valence-electron chi connectivity index (χ0n) is 7.87. The van der Waals surface area contributed by atoms with Crippen molar-refractivity contribution in [3.05, 3.63) is 5.01 Å². The molecule has 0 aliphatic carbocycles. The second-order valence-corrected chi connectivity index (χ2v) is 4.02. The highest BCUT2D eigenvalue weighted by Crippen LogP contribution is 2.18. The summed E-state index contributed by atoms with van der Waals surface area (Å²) in [4.78, 5) is 1.99. The Balaban J connectivity index is 2.52. The molecule has 4 heteroatoms. The molecule has 1 rings (SSSR count). The summed E-state index contributed by atoms with van der Waals surface area (Å²) < 4.78 is 0. The van der Waals surface area contributed by atoms with Gasteiger partial charge < -0.3 is 4.90 Å². The van der Waals surface area contributed by atoms with Crippen molar-refractivity contribution in [2.45, 2.75) is 26.2 Å². The van der Waals surface area contributed by atoms with Crippen molar-refractivity contribution in [1.29, 1.82) is 0 Å². The van der Waals surface area contributed by atoms with E-state index >= 15 is 0 Å². The van der Waals surface area contributed by atoms with Crippen LogP contribution in [0.25, 0.3) is 0 Å². The van der Waals surface area contributed by atoms with Crippen molar-refractivity contribution in [3.8, 4) is 0 Å². The van der Waals surface area contributed by atoms with E-state index in [1.165, 1.54) is 12.8 Å². The lowest BCUT2D eigenvalue weighted by Gasteiger charge is -2.03. The zero-order chi connectivity index (χ0) is 8.97. The first-order chi connectivity index (χ1) is 5.74. The molecule has 68 valence electrons. The summed E-state index contributed by atoms with van der Waals surface area (Å²) in [5, 5.41) is 10.3. The maximum atomic E-state index is 4.10. The van der Waals surface area contributed by atoms with Gasteiger partial charge in [0.15, 0.2) is 0 Å². The molecule has 0 atom stereocenters. The zero-order valence-corrected chi connectivity index (χ0v) is 8.69. The van der Waals surface area contributed by atoms with Crippen molar-refractivity contribution in [2.75, 3.05) is 19.0 Å². The van der Waals surface area contributed by atoms with E-state index in [1.807, 2.05) is 19.0 Å². The van der Waals surface area contributed by atoms with E-state index < -0.39 is 0 Å². The molecule has 1 aromatic rings. The van der Waals surface area contributed by atoms with Gasteiger partial charge in [-0.1, -0.05) is 24.7 Å². The molecule has 0 amide bonds. The second kappa shape index (κ2) is 4.40. The fraction of sp³-hybridized carbons (Fsp3) is 0.750. The van der Waals surface area contributed by atoms with Gasteiger partial charge in [0.2, 0.25) is 5.13 Å². The number of rotatable bonds is 4. The van der Waals surface area contributed by atoms with Gasteiger partial charge in [-0.25, -0.2) is 0 Å². The third-order valence-corrected chi connectivity index (χ3v) is 2.73. The largest absolute Gasteiger partial charge is 0.353 e. The lowest BCUT2D eigenvalue weighted by molar-refractivity contribution is 0.779. The van der Waals surface area contributed by atoms with E-state index in [0.717, 1.165) is 16.6 Å². The van der Waals surface area contributed by atoms with Crippen molar-refractivity contribution in [1.82, 2.24) is 10.2 Å². The number of unbranched alkanes of at least 4 members (excludes halogenated alkanes) is 1. The third kappa shape index (κ3) is 2.44. The number of aryl methyl sites for hydroxylation is 1. The fourth-order valence-electron chi connectivity index (χ4n) is 0.855. The van der Waals surface area contributed by atoms with Gasteiger partial charge in [-0.05, 0) is 6.42 Å². The van der Waals surface area contributed by atoms with E-state index in [4.69, 9.17) is 0 Å². The predicted octanol–water partition coefficient (Wildman–Crippen LogP) is 1.95. The van der Waals surface area contributed by atoms with E-state index in [9.17, 15) is 0 Å². The SMILES string of the molecule is CCCCc1nnc(N(C)C)s1. The minimum Gasteiger partial charge on any atom is -0.353 e. The highest BCUT2D eigenvalue weighted by Gasteiger charge is 2.03. The molecule has 0 fully saturated rings. The Labute approximate surface area is 77.4 Å². The average molecular weight is 185 g/mol. The van der Waals surface area contributed by atoms with Crippen molar-refractivity contribution < 1.29 is 0 Å². The summed E-state index contributed by atoms with van der Waals surface area (Å²) in [6.45, 7) is 2.19. The molecule has 0 spiro atoms. The van der Waals surface area contributed by atoms with Crippen LogP contribution in [0.2, 0.25) is 0 Å². The van der Waals surface area contributed by atoms with Crippen molar-refractivity contribution in [3.63, 3.8) is 0 Å². The van der Waals surface area contributed by atoms with Gasteiger partial charge in [0.1, 0.15) is 5.01 Å². The quantitative estimate of drug-likeness (QED) is 0.718. The smallest absolute Gasteiger partial charge is 0.207 e. The van der Waals surface area contributed by atoms with Gasteiger partial charge in [-0.3, -0.25) is 0 Å². The molecular weight excluding hydrogens is 170 g/mol. The number of hydrogen-bond donors (Lipinski definition) is 0. The summed E-state index contributed by atoms with van der Waals surface area (Å²) in [6, 6.07) is 0. The molecule has 0 saturated carbocycles. The molecule has 0 aliphatic rings. The van der Waals surface area contributed by atoms with Gasteiger partial charge >= 0.3 is 0 Å². The maximum Gasteiger partial charge on any atom is 0.207 e. The van der Waals surface area contributed by atoms with Gasteiger partial charge in [0.05, 0.1) is 0 Å². The van der Waals surface area contributed by atoms with Crippen LogP contribution < -0.4 is 4.90 Å². The average Bonchev–Trinajstić information content (AvgIpc) is 2.48. The van der Waals surface area contributed by atoms with Crippen LogP contribution in [0.1, 0.15) is 24.8 Å². The third-order valence-electron chi connectivity index (χ3n) is 1.58. The van der Waals surface area contributed by atoms with Crippen molar-refractivity contribution in [2.24, 2.45) is 0 Å². The number of aromatic nitrogens is 2. The van der Waals surface area contributed by atoms with Crippen LogP contribution in [-0.4, -0.2) is 24.3 Å². The Bertz CT molecular complexity index is 232. The molecule has 1 heterocycles. The number of hydrogen-bond acceptors (Lipinski definition) is 4. The summed E-state index contributed by atoms with van der Waals surface area (Å²) >= 11 is 1.68. The molecule has 0 bridgehead atoms. The van der Waals surface area contributed by atoms with Crippen molar-refractivity contribution >= 4 is 16.5 Å². The first-order valence-corrected chi connectivity index (χ1v) is 5.05. The van der Waals surface area contributed by atoms with Gasteiger partial charge in [0.25, 0.3) is 0 Å². The Hall–Kier alpha value is -0.640. The van der Waals surface area contributed by atoms with Gasteiger partial charge in [-0.15, -0.1) is 10.2 Å². The molecule has 0 saturated heterocycles. The molecular formula is C8H15N3S. The lowest BCUT2D eigenvalue weighted by atomic mass is 10.3. The maximum absolute atomic E-state index is 4.10. The first kappa shape index (κ1) is 9.45. The van der Waals surface area contributed by atoms with Gasteiger partial charge in [0, 0.05) is 20.5 Å². The predicted molar refractivity (Wildman–Crippen MR) is 52.8 cm³/mol. The lowest BCUT2D eigenvalue weighted by Crippen LogP contribution is -2.07. The molecule has 0 aromatic carbocycles. The second-order valence-electron chi connectivity index (χ2n) is 2.98. The molecule has 0 radical (unpaired) electrons. The monoisotopic (exact) mass is 185 g/mol. The molecule has 0 unspecified atom stereocenters. The van der Waals surface area contributed by atoms with Crippen LogP contribution in [0.4, 0.5) is 5.13 Å². The van der Waals surface area contributed by atoms with Crippen LogP contribution in [0.15, 0.2) is 0 Å².